The molecule has 6 heteroatoms. The molecule has 6 nitrogen and oxygen atoms in total. The predicted molar refractivity (Wildman–Crippen MR) is 307 cm³/mol. The Labute approximate surface area is 441 Å². The van der Waals surface area contributed by atoms with E-state index in [-0.39, 0.29) is 31.1 Å². The molecule has 1 unspecified atom stereocenters. The number of carbonyl (C=O) groups excluding carboxylic acids is 3. The summed E-state index contributed by atoms with van der Waals surface area (Å²) in [5.41, 5.74) is 0. The molecule has 0 rings (SSSR count). The second-order valence-corrected chi connectivity index (χ2v) is 21.0. The predicted octanol–water partition coefficient (Wildman–Crippen LogP) is 21.0. The number of carbonyl (C=O) groups is 3. The van der Waals surface area contributed by atoms with E-state index < -0.39 is 6.10 Å². The number of esters is 3. The first-order valence-corrected chi connectivity index (χ1v) is 31.1. The lowest BCUT2D eigenvalue weighted by Crippen LogP contribution is -2.30. The standard InChI is InChI=1S/C65H118O6/c1-4-7-10-13-16-19-22-25-28-31-32-33-34-35-38-40-43-46-49-52-55-58-64(67)70-61-62(71-65(68)59-56-53-50-47-44-41-37-30-27-24-21-18-15-12-9-6-3)60-69-63(66)57-54-51-48-45-42-39-36-29-26-23-20-17-14-11-8-5-2/h20-21,23-24,29-30,36-37,62H,4-19,22,25-28,31-35,38-61H2,1-3H3/b23-20-,24-21-,36-29-,37-30-. The van der Waals surface area contributed by atoms with Crippen molar-refractivity contribution in [2.24, 2.45) is 0 Å². The van der Waals surface area contributed by atoms with Crippen LogP contribution in [0, 0.1) is 0 Å². The van der Waals surface area contributed by atoms with Gasteiger partial charge < -0.3 is 14.2 Å². The van der Waals surface area contributed by atoms with Crippen LogP contribution in [0.4, 0.5) is 0 Å². The smallest absolute Gasteiger partial charge is 0.306 e. The van der Waals surface area contributed by atoms with Crippen LogP contribution in [0.25, 0.3) is 0 Å². The van der Waals surface area contributed by atoms with Crippen LogP contribution in [-0.4, -0.2) is 37.2 Å². The Balaban J connectivity index is 4.35. The van der Waals surface area contributed by atoms with Crippen molar-refractivity contribution in [3.8, 4) is 0 Å². The molecule has 0 fully saturated rings. The maximum Gasteiger partial charge on any atom is 0.306 e. The second-order valence-electron chi connectivity index (χ2n) is 21.0. The molecule has 0 spiro atoms. The van der Waals surface area contributed by atoms with Crippen LogP contribution in [0.2, 0.25) is 0 Å². The fourth-order valence-electron chi connectivity index (χ4n) is 9.09. The Morgan fingerprint density at radius 2 is 0.507 bits per heavy atom. The summed E-state index contributed by atoms with van der Waals surface area (Å²) in [6, 6.07) is 0. The molecular formula is C65H118O6. The summed E-state index contributed by atoms with van der Waals surface area (Å²) in [6.45, 7) is 6.63. The molecular weight excluding hydrogens is 877 g/mol. The summed E-state index contributed by atoms with van der Waals surface area (Å²) in [5.74, 6) is -0.890. The first-order chi connectivity index (χ1) is 35.0. The minimum atomic E-state index is -0.785. The molecule has 0 aliphatic rings. The largest absolute Gasteiger partial charge is 0.462 e. The van der Waals surface area contributed by atoms with Gasteiger partial charge >= 0.3 is 17.9 Å². The number of allylic oxidation sites excluding steroid dienone is 8. The van der Waals surface area contributed by atoms with Crippen molar-refractivity contribution < 1.29 is 28.6 Å². The van der Waals surface area contributed by atoms with Crippen LogP contribution in [0.3, 0.4) is 0 Å². The van der Waals surface area contributed by atoms with Crippen molar-refractivity contribution >= 4 is 17.9 Å². The summed E-state index contributed by atoms with van der Waals surface area (Å²) >= 11 is 0. The maximum absolute atomic E-state index is 12.9. The van der Waals surface area contributed by atoms with E-state index in [0.29, 0.717) is 19.3 Å². The highest BCUT2D eigenvalue weighted by Crippen LogP contribution is 2.17. The van der Waals surface area contributed by atoms with Crippen LogP contribution < -0.4 is 0 Å². The lowest BCUT2D eigenvalue weighted by Gasteiger charge is -2.18. The van der Waals surface area contributed by atoms with Gasteiger partial charge in [-0.15, -0.1) is 0 Å². The van der Waals surface area contributed by atoms with Crippen LogP contribution >= 0.6 is 0 Å². The van der Waals surface area contributed by atoms with Gasteiger partial charge in [0, 0.05) is 19.3 Å². The quantitative estimate of drug-likeness (QED) is 0.0261. The first-order valence-electron chi connectivity index (χ1n) is 31.1. The van der Waals surface area contributed by atoms with E-state index in [9.17, 15) is 14.4 Å². The monoisotopic (exact) mass is 995 g/mol. The molecule has 0 aliphatic heterocycles. The van der Waals surface area contributed by atoms with Crippen molar-refractivity contribution in [3.05, 3.63) is 48.6 Å². The van der Waals surface area contributed by atoms with Gasteiger partial charge in [0.15, 0.2) is 6.10 Å². The van der Waals surface area contributed by atoms with E-state index in [2.05, 4.69) is 69.4 Å². The average Bonchev–Trinajstić information content (AvgIpc) is 3.37. The molecule has 0 saturated carbocycles. The van der Waals surface area contributed by atoms with Crippen molar-refractivity contribution in [3.63, 3.8) is 0 Å². The summed E-state index contributed by atoms with van der Waals surface area (Å²) in [6.07, 6.45) is 73.9. The first kappa shape index (κ1) is 68.4. The molecule has 0 aromatic heterocycles. The molecule has 0 heterocycles. The van der Waals surface area contributed by atoms with E-state index in [1.165, 1.54) is 186 Å². The minimum Gasteiger partial charge on any atom is -0.462 e. The normalized spacial score (nSPS) is 12.3. The van der Waals surface area contributed by atoms with Gasteiger partial charge in [0.25, 0.3) is 0 Å². The Morgan fingerprint density at radius 1 is 0.282 bits per heavy atom. The van der Waals surface area contributed by atoms with Gasteiger partial charge in [-0.3, -0.25) is 14.4 Å². The second kappa shape index (κ2) is 59.9. The molecule has 0 bridgehead atoms. The Bertz CT molecular complexity index is 1230. The van der Waals surface area contributed by atoms with Crippen molar-refractivity contribution in [2.45, 2.75) is 335 Å². The fraction of sp³-hybridized carbons (Fsp3) is 0.831. The van der Waals surface area contributed by atoms with E-state index in [4.69, 9.17) is 14.2 Å². The molecule has 71 heavy (non-hydrogen) atoms. The van der Waals surface area contributed by atoms with Crippen LogP contribution in [0.5, 0.6) is 0 Å². The van der Waals surface area contributed by atoms with Gasteiger partial charge in [0.05, 0.1) is 0 Å². The third-order valence-electron chi connectivity index (χ3n) is 13.8. The molecule has 0 saturated heterocycles. The highest BCUT2D eigenvalue weighted by atomic mass is 16.6. The third-order valence-corrected chi connectivity index (χ3v) is 13.8. The van der Waals surface area contributed by atoms with Crippen LogP contribution in [0.1, 0.15) is 329 Å². The summed E-state index contributed by atoms with van der Waals surface area (Å²) in [7, 11) is 0. The SMILES string of the molecule is CCCCCC/C=C\C/C=C\CCCCCCCC(=O)OCC(COC(=O)CCCCCCCCCCCCCCCCCCCCCCC)OC(=O)CCCCCCC/C=C\C/C=C\CCCCCC. The Kier molecular flexibility index (Phi) is 57.7. The average molecular weight is 996 g/mol. The molecule has 414 valence electrons. The Hall–Kier alpha value is -2.63. The molecule has 0 N–H and O–H groups in total. The lowest BCUT2D eigenvalue weighted by atomic mass is 10.0. The third kappa shape index (κ3) is 58.1. The zero-order chi connectivity index (χ0) is 51.4. The number of unbranched alkanes of at least 4 members (excludes halogenated alkanes) is 38. The number of hydrogen-bond acceptors (Lipinski definition) is 6. The number of rotatable bonds is 57. The summed E-state index contributed by atoms with van der Waals surface area (Å²) < 4.78 is 16.9. The lowest BCUT2D eigenvalue weighted by molar-refractivity contribution is -0.167. The van der Waals surface area contributed by atoms with Gasteiger partial charge in [-0.2, -0.15) is 0 Å². The molecule has 1 atom stereocenters. The van der Waals surface area contributed by atoms with Gasteiger partial charge in [0.1, 0.15) is 13.2 Å². The van der Waals surface area contributed by atoms with E-state index in [1.54, 1.807) is 0 Å². The van der Waals surface area contributed by atoms with Gasteiger partial charge in [-0.1, -0.05) is 275 Å². The molecule has 0 radical (unpaired) electrons. The highest BCUT2D eigenvalue weighted by molar-refractivity contribution is 5.71. The topological polar surface area (TPSA) is 78.9 Å². The molecule has 0 aromatic rings. The van der Waals surface area contributed by atoms with Gasteiger partial charge in [-0.25, -0.2) is 0 Å². The molecule has 0 aliphatic carbocycles. The van der Waals surface area contributed by atoms with Crippen molar-refractivity contribution in [1.29, 1.82) is 0 Å². The number of ether oxygens (including phenoxy) is 3. The molecule has 0 aromatic carbocycles. The van der Waals surface area contributed by atoms with E-state index >= 15 is 0 Å². The van der Waals surface area contributed by atoms with Crippen molar-refractivity contribution in [2.75, 3.05) is 13.2 Å². The number of hydrogen-bond donors (Lipinski definition) is 0. The fourth-order valence-corrected chi connectivity index (χ4v) is 9.09. The van der Waals surface area contributed by atoms with Crippen LogP contribution in [0.15, 0.2) is 48.6 Å². The van der Waals surface area contributed by atoms with E-state index in [1.807, 2.05) is 0 Å². The van der Waals surface area contributed by atoms with Crippen molar-refractivity contribution in [1.82, 2.24) is 0 Å². The summed E-state index contributed by atoms with van der Waals surface area (Å²) in [5, 5.41) is 0. The zero-order valence-electron chi connectivity index (χ0n) is 47.5. The highest BCUT2D eigenvalue weighted by Gasteiger charge is 2.19. The molecule has 0 amide bonds. The van der Waals surface area contributed by atoms with Gasteiger partial charge in [-0.05, 0) is 83.5 Å². The van der Waals surface area contributed by atoms with Crippen LogP contribution in [-0.2, 0) is 28.6 Å². The summed E-state index contributed by atoms with van der Waals surface area (Å²) in [4.78, 5) is 38.3. The maximum atomic E-state index is 12.9. The van der Waals surface area contributed by atoms with Gasteiger partial charge in [0.2, 0.25) is 0 Å². The minimum absolute atomic E-state index is 0.0802. The zero-order valence-corrected chi connectivity index (χ0v) is 47.5. The Morgan fingerprint density at radius 3 is 0.789 bits per heavy atom. The van der Waals surface area contributed by atoms with E-state index in [0.717, 1.165) is 103 Å².